The van der Waals surface area contributed by atoms with Crippen LogP contribution in [0.1, 0.15) is 16.7 Å². The molecule has 0 fully saturated rings. The van der Waals surface area contributed by atoms with Gasteiger partial charge >= 0.3 is 0 Å². The number of hydrogen-bond acceptors (Lipinski definition) is 2. The molecule has 0 unspecified atom stereocenters. The van der Waals surface area contributed by atoms with Crippen molar-refractivity contribution in [2.24, 2.45) is 0 Å². The first-order chi connectivity index (χ1) is 6.60. The minimum absolute atomic E-state index is 0.722. The van der Waals surface area contributed by atoms with Crippen LogP contribution in [0.2, 0.25) is 0 Å². The second-order valence-corrected chi connectivity index (χ2v) is 3.65. The van der Waals surface area contributed by atoms with E-state index in [0.717, 1.165) is 21.9 Å². The number of aryl methyl sites for hydroxylation is 2. The van der Waals surface area contributed by atoms with Gasteiger partial charge in [-0.15, -0.1) is 0 Å². The van der Waals surface area contributed by atoms with Crippen LogP contribution in [0.15, 0.2) is 12.1 Å². The summed E-state index contributed by atoms with van der Waals surface area (Å²) in [6, 6.07) is 4.09. The van der Waals surface area contributed by atoms with Crippen molar-refractivity contribution in [1.29, 1.82) is 0 Å². The van der Waals surface area contributed by atoms with Crippen molar-refractivity contribution < 1.29 is 4.74 Å². The zero-order valence-electron chi connectivity index (χ0n) is 8.97. The topological polar surface area (TPSA) is 21.3 Å². The van der Waals surface area contributed by atoms with E-state index in [1.807, 2.05) is 27.0 Å². The molecule has 1 N–H and O–H groups in total. The van der Waals surface area contributed by atoms with E-state index in [9.17, 15) is 0 Å². The number of benzene rings is 1. The molecule has 0 aliphatic rings. The van der Waals surface area contributed by atoms with Crippen LogP contribution in [0.25, 0.3) is 0 Å². The number of rotatable bonds is 2. The smallest absolute Gasteiger partial charge is 0.129 e. The van der Waals surface area contributed by atoms with Gasteiger partial charge in [0.2, 0.25) is 0 Å². The largest absolute Gasteiger partial charge is 0.496 e. The van der Waals surface area contributed by atoms with Crippen molar-refractivity contribution in [3.05, 3.63) is 28.8 Å². The normalized spacial score (nSPS) is 9.71. The number of hydrogen-bond donors (Lipinski definition) is 1. The molecule has 0 spiro atoms. The molecule has 1 rings (SSSR count). The fourth-order valence-electron chi connectivity index (χ4n) is 1.51. The monoisotopic (exact) mass is 209 g/mol. The van der Waals surface area contributed by atoms with E-state index in [4.69, 9.17) is 17.0 Å². The van der Waals surface area contributed by atoms with Crippen molar-refractivity contribution in [2.75, 3.05) is 14.2 Å². The lowest BCUT2D eigenvalue weighted by Crippen LogP contribution is -2.18. The van der Waals surface area contributed by atoms with Crippen LogP contribution in [0.3, 0.4) is 0 Å². The molecule has 0 aromatic heterocycles. The van der Waals surface area contributed by atoms with Gasteiger partial charge in [0.15, 0.2) is 0 Å². The van der Waals surface area contributed by atoms with Crippen LogP contribution in [0, 0.1) is 13.8 Å². The molecule has 0 saturated heterocycles. The third kappa shape index (κ3) is 2.04. The molecule has 0 aliphatic heterocycles. The lowest BCUT2D eigenvalue weighted by molar-refractivity contribution is 0.413. The maximum atomic E-state index is 5.30. The molecule has 76 valence electrons. The van der Waals surface area contributed by atoms with Crippen LogP contribution in [-0.4, -0.2) is 19.1 Å². The molecule has 0 saturated carbocycles. The Morgan fingerprint density at radius 2 is 2.00 bits per heavy atom. The number of ether oxygens (including phenoxy) is 1. The van der Waals surface area contributed by atoms with Crippen molar-refractivity contribution in [3.8, 4) is 5.75 Å². The van der Waals surface area contributed by atoms with Crippen molar-refractivity contribution in [2.45, 2.75) is 13.8 Å². The molecule has 0 radical (unpaired) electrons. The Kier molecular flexibility index (Phi) is 3.47. The Morgan fingerprint density at radius 3 is 2.50 bits per heavy atom. The van der Waals surface area contributed by atoms with E-state index >= 15 is 0 Å². The van der Waals surface area contributed by atoms with Crippen LogP contribution in [0.4, 0.5) is 0 Å². The zero-order valence-corrected chi connectivity index (χ0v) is 9.79. The predicted octanol–water partition coefficient (Wildman–Crippen LogP) is 2.21. The molecule has 0 atom stereocenters. The van der Waals surface area contributed by atoms with Crippen LogP contribution in [0.5, 0.6) is 5.75 Å². The second kappa shape index (κ2) is 4.42. The summed E-state index contributed by atoms with van der Waals surface area (Å²) < 4.78 is 5.30. The van der Waals surface area contributed by atoms with Crippen LogP contribution in [-0.2, 0) is 0 Å². The Hall–Kier alpha value is -1.09. The summed E-state index contributed by atoms with van der Waals surface area (Å²) in [5.41, 5.74) is 3.30. The highest BCUT2D eigenvalue weighted by Gasteiger charge is 2.10. The molecule has 1 aromatic rings. The van der Waals surface area contributed by atoms with Gasteiger partial charge in [0, 0.05) is 7.05 Å². The van der Waals surface area contributed by atoms with E-state index in [2.05, 4.69) is 11.4 Å². The Morgan fingerprint density at radius 1 is 1.36 bits per heavy atom. The third-order valence-corrected chi connectivity index (χ3v) is 2.53. The Labute approximate surface area is 90.3 Å². The molecule has 0 bridgehead atoms. The average Bonchev–Trinajstić information content (AvgIpc) is 2.15. The summed E-state index contributed by atoms with van der Waals surface area (Å²) in [5, 5.41) is 2.97. The molecule has 2 nitrogen and oxygen atoms in total. The van der Waals surface area contributed by atoms with Gasteiger partial charge in [-0.2, -0.15) is 0 Å². The SMILES string of the molecule is CNC(=S)c1c(C)cc(C)cc1OC. The van der Waals surface area contributed by atoms with Crippen molar-refractivity contribution in [3.63, 3.8) is 0 Å². The van der Waals surface area contributed by atoms with E-state index in [0.29, 0.717) is 0 Å². The number of thiocarbonyl (C=S) groups is 1. The fraction of sp³-hybridized carbons (Fsp3) is 0.364. The number of methoxy groups -OCH3 is 1. The van der Waals surface area contributed by atoms with E-state index in [1.165, 1.54) is 5.56 Å². The highest BCUT2D eigenvalue weighted by atomic mass is 32.1. The maximum Gasteiger partial charge on any atom is 0.129 e. The summed E-state index contributed by atoms with van der Waals surface area (Å²) in [7, 11) is 3.48. The summed E-state index contributed by atoms with van der Waals surface area (Å²) >= 11 is 5.22. The standard InChI is InChI=1S/C11H15NOS/c1-7-5-8(2)10(11(14)12-3)9(6-7)13-4/h5-6H,1-4H3,(H,12,14). The summed E-state index contributed by atoms with van der Waals surface area (Å²) in [5.74, 6) is 0.835. The van der Waals surface area contributed by atoms with Crippen LogP contribution < -0.4 is 10.1 Å². The molecule has 0 amide bonds. The van der Waals surface area contributed by atoms with Gasteiger partial charge in [-0.25, -0.2) is 0 Å². The Bertz CT molecular complexity index is 361. The maximum absolute atomic E-state index is 5.30. The molecule has 14 heavy (non-hydrogen) atoms. The van der Waals surface area contributed by atoms with Gasteiger partial charge in [-0.3, -0.25) is 0 Å². The third-order valence-electron chi connectivity index (χ3n) is 2.12. The quantitative estimate of drug-likeness (QED) is 0.755. The summed E-state index contributed by atoms with van der Waals surface area (Å²) in [6.07, 6.45) is 0. The van der Waals surface area contributed by atoms with Crippen molar-refractivity contribution >= 4 is 17.2 Å². The molecule has 1 aromatic carbocycles. The fourth-order valence-corrected chi connectivity index (χ4v) is 1.77. The minimum Gasteiger partial charge on any atom is -0.496 e. The van der Waals surface area contributed by atoms with Crippen molar-refractivity contribution in [1.82, 2.24) is 5.32 Å². The van der Waals surface area contributed by atoms with Gasteiger partial charge in [0.05, 0.1) is 12.7 Å². The zero-order chi connectivity index (χ0) is 10.7. The average molecular weight is 209 g/mol. The van der Waals surface area contributed by atoms with E-state index in [1.54, 1.807) is 7.11 Å². The summed E-state index contributed by atoms with van der Waals surface area (Å²) in [6.45, 7) is 4.08. The van der Waals surface area contributed by atoms with Gasteiger partial charge in [0.25, 0.3) is 0 Å². The lowest BCUT2D eigenvalue weighted by Gasteiger charge is -2.13. The highest BCUT2D eigenvalue weighted by molar-refractivity contribution is 7.80. The van der Waals surface area contributed by atoms with E-state index in [-0.39, 0.29) is 0 Å². The first kappa shape index (κ1) is 11.0. The van der Waals surface area contributed by atoms with Gasteiger partial charge in [-0.05, 0) is 31.0 Å². The molecule has 0 heterocycles. The first-order valence-electron chi connectivity index (χ1n) is 4.47. The summed E-state index contributed by atoms with van der Waals surface area (Å²) in [4.78, 5) is 0.722. The van der Waals surface area contributed by atoms with Gasteiger partial charge < -0.3 is 10.1 Å². The lowest BCUT2D eigenvalue weighted by atomic mass is 10.0. The second-order valence-electron chi connectivity index (χ2n) is 3.24. The van der Waals surface area contributed by atoms with Gasteiger partial charge in [0.1, 0.15) is 10.7 Å². The molecular weight excluding hydrogens is 194 g/mol. The first-order valence-corrected chi connectivity index (χ1v) is 4.88. The van der Waals surface area contributed by atoms with Gasteiger partial charge in [-0.1, -0.05) is 18.3 Å². The van der Waals surface area contributed by atoms with E-state index < -0.39 is 0 Å². The molecule has 0 aliphatic carbocycles. The molecular formula is C11H15NOS. The molecule has 3 heteroatoms. The minimum atomic E-state index is 0.722. The highest BCUT2D eigenvalue weighted by Crippen LogP contribution is 2.24. The van der Waals surface area contributed by atoms with Crippen LogP contribution >= 0.6 is 12.2 Å². The Balaban J connectivity index is 3.32. The number of nitrogens with one attached hydrogen (secondary N) is 1. The predicted molar refractivity (Wildman–Crippen MR) is 63.2 cm³/mol.